The number of rotatable bonds is 2. The highest BCUT2D eigenvalue weighted by molar-refractivity contribution is 5.89. The lowest BCUT2D eigenvalue weighted by molar-refractivity contribution is -0.148. The van der Waals surface area contributed by atoms with E-state index in [1.165, 1.54) is 6.08 Å². The van der Waals surface area contributed by atoms with Crippen molar-refractivity contribution in [1.82, 2.24) is 0 Å². The number of hydrogen-bond acceptors (Lipinski definition) is 2. The molecular formula is C12H10O4. The topological polar surface area (TPSA) is 74.6 Å². The summed E-state index contributed by atoms with van der Waals surface area (Å²) >= 11 is 0. The first kappa shape index (κ1) is 10.4. The van der Waals surface area contributed by atoms with Crippen LogP contribution < -0.4 is 0 Å². The van der Waals surface area contributed by atoms with Crippen molar-refractivity contribution in [3.63, 3.8) is 0 Å². The Morgan fingerprint density at radius 1 is 1.06 bits per heavy atom. The number of carboxylic acids is 2. The average Bonchev–Trinajstić information content (AvgIpc) is 2.27. The van der Waals surface area contributed by atoms with Crippen LogP contribution in [0.2, 0.25) is 0 Å². The molecule has 0 bridgehead atoms. The predicted molar refractivity (Wildman–Crippen MR) is 57.0 cm³/mol. The number of benzene rings is 1. The van der Waals surface area contributed by atoms with E-state index in [0.717, 1.165) is 5.56 Å². The second kappa shape index (κ2) is 3.81. The van der Waals surface area contributed by atoms with Crippen LogP contribution in [0.25, 0.3) is 6.08 Å². The molecule has 0 saturated heterocycles. The number of carboxylic acid groups (broad SMARTS) is 2. The van der Waals surface area contributed by atoms with Crippen LogP contribution in [0.1, 0.15) is 17.0 Å². The van der Waals surface area contributed by atoms with Gasteiger partial charge in [0.1, 0.15) is 0 Å². The van der Waals surface area contributed by atoms with Crippen molar-refractivity contribution in [2.45, 2.75) is 5.92 Å². The second-order valence-corrected chi connectivity index (χ2v) is 3.67. The van der Waals surface area contributed by atoms with Gasteiger partial charge in [0.05, 0.1) is 11.8 Å². The summed E-state index contributed by atoms with van der Waals surface area (Å²) in [6.07, 6.45) is 3.09. The lowest BCUT2D eigenvalue weighted by atomic mass is 9.79. The zero-order valence-corrected chi connectivity index (χ0v) is 8.33. The second-order valence-electron chi connectivity index (χ2n) is 3.67. The van der Waals surface area contributed by atoms with Gasteiger partial charge >= 0.3 is 11.9 Å². The monoisotopic (exact) mass is 218 g/mol. The number of carbonyl (C=O) groups is 2. The Labute approximate surface area is 91.8 Å². The average molecular weight is 218 g/mol. The summed E-state index contributed by atoms with van der Waals surface area (Å²) in [6.45, 7) is 0. The normalized spacial score (nSPS) is 22.5. The van der Waals surface area contributed by atoms with Crippen molar-refractivity contribution in [3.8, 4) is 0 Å². The molecule has 0 aromatic heterocycles. The summed E-state index contributed by atoms with van der Waals surface area (Å²) < 4.78 is 0. The number of aliphatic carboxylic acids is 2. The summed E-state index contributed by atoms with van der Waals surface area (Å²) in [5, 5.41) is 18.1. The Kier molecular flexibility index (Phi) is 2.48. The smallest absolute Gasteiger partial charge is 0.312 e. The largest absolute Gasteiger partial charge is 0.481 e. The van der Waals surface area contributed by atoms with Gasteiger partial charge in [0.2, 0.25) is 0 Å². The molecule has 0 fully saturated rings. The Hall–Kier alpha value is -2.10. The van der Waals surface area contributed by atoms with Crippen molar-refractivity contribution < 1.29 is 19.8 Å². The molecule has 0 amide bonds. The molecular weight excluding hydrogens is 208 g/mol. The van der Waals surface area contributed by atoms with Crippen molar-refractivity contribution in [3.05, 3.63) is 41.5 Å². The first-order chi connectivity index (χ1) is 7.61. The molecule has 0 saturated carbocycles. The third-order valence-corrected chi connectivity index (χ3v) is 2.72. The SMILES string of the molecule is O=C(O)C1C=Cc2ccccc2C1C(=O)O. The molecule has 0 spiro atoms. The Morgan fingerprint density at radius 2 is 1.75 bits per heavy atom. The van der Waals surface area contributed by atoms with E-state index < -0.39 is 23.8 Å². The number of fused-ring (bicyclic) bond motifs is 1. The van der Waals surface area contributed by atoms with Gasteiger partial charge in [-0.1, -0.05) is 36.4 Å². The lowest BCUT2D eigenvalue weighted by Crippen LogP contribution is -2.28. The molecule has 1 aromatic rings. The van der Waals surface area contributed by atoms with Gasteiger partial charge < -0.3 is 10.2 Å². The Bertz CT molecular complexity index is 476. The minimum absolute atomic E-state index is 0.560. The summed E-state index contributed by atoms with van der Waals surface area (Å²) in [4.78, 5) is 22.1. The van der Waals surface area contributed by atoms with Crippen LogP contribution in [0.5, 0.6) is 0 Å². The van der Waals surface area contributed by atoms with Gasteiger partial charge in [0.15, 0.2) is 0 Å². The fraction of sp³-hybridized carbons (Fsp3) is 0.167. The van der Waals surface area contributed by atoms with Crippen molar-refractivity contribution >= 4 is 18.0 Å². The molecule has 1 aliphatic rings. The zero-order valence-electron chi connectivity index (χ0n) is 8.33. The van der Waals surface area contributed by atoms with Crippen LogP contribution in [0.15, 0.2) is 30.3 Å². The molecule has 82 valence electrons. The summed E-state index contributed by atoms with van der Waals surface area (Å²) in [5.74, 6) is -4.21. The van der Waals surface area contributed by atoms with Gasteiger partial charge in [-0.3, -0.25) is 9.59 Å². The quantitative estimate of drug-likeness (QED) is 0.790. The van der Waals surface area contributed by atoms with Gasteiger partial charge in [0, 0.05) is 0 Å². The molecule has 4 nitrogen and oxygen atoms in total. The van der Waals surface area contributed by atoms with Crippen molar-refractivity contribution in [2.75, 3.05) is 0 Å². The standard InChI is InChI=1S/C12H10O4/c13-11(14)9-6-5-7-3-1-2-4-8(7)10(9)12(15)16/h1-6,9-10H,(H,13,14)(H,15,16). The van der Waals surface area contributed by atoms with Crippen LogP contribution >= 0.6 is 0 Å². The maximum Gasteiger partial charge on any atom is 0.312 e. The predicted octanol–water partition coefficient (Wildman–Crippen LogP) is 1.58. The van der Waals surface area contributed by atoms with Gasteiger partial charge in [-0.15, -0.1) is 0 Å². The zero-order chi connectivity index (χ0) is 11.7. The highest BCUT2D eigenvalue weighted by Crippen LogP contribution is 2.34. The molecule has 2 N–H and O–H groups in total. The summed E-state index contributed by atoms with van der Waals surface area (Å²) in [5.41, 5.74) is 1.33. The van der Waals surface area contributed by atoms with Crippen molar-refractivity contribution in [2.24, 2.45) is 5.92 Å². The fourth-order valence-corrected chi connectivity index (χ4v) is 1.97. The maximum atomic E-state index is 11.1. The van der Waals surface area contributed by atoms with E-state index >= 15 is 0 Å². The Balaban J connectivity index is 2.54. The molecule has 16 heavy (non-hydrogen) atoms. The number of hydrogen-bond donors (Lipinski definition) is 2. The van der Waals surface area contributed by atoms with Crippen LogP contribution in [0.4, 0.5) is 0 Å². The molecule has 0 aliphatic heterocycles. The minimum atomic E-state index is -1.11. The van der Waals surface area contributed by atoms with Crippen molar-refractivity contribution in [1.29, 1.82) is 0 Å². The first-order valence-corrected chi connectivity index (χ1v) is 4.84. The highest BCUT2D eigenvalue weighted by atomic mass is 16.4. The van der Waals surface area contributed by atoms with E-state index in [1.807, 2.05) is 0 Å². The third kappa shape index (κ3) is 1.58. The van der Waals surface area contributed by atoms with E-state index in [0.29, 0.717) is 5.56 Å². The van der Waals surface area contributed by atoms with E-state index in [9.17, 15) is 9.59 Å². The highest BCUT2D eigenvalue weighted by Gasteiger charge is 2.36. The van der Waals surface area contributed by atoms with E-state index in [1.54, 1.807) is 30.3 Å². The maximum absolute atomic E-state index is 11.1. The molecule has 2 unspecified atom stereocenters. The molecule has 2 rings (SSSR count). The summed E-state index contributed by atoms with van der Waals surface area (Å²) in [6, 6.07) is 6.95. The van der Waals surface area contributed by atoms with Crippen LogP contribution in [-0.4, -0.2) is 22.2 Å². The van der Waals surface area contributed by atoms with Crippen LogP contribution in [-0.2, 0) is 9.59 Å². The summed E-state index contributed by atoms with van der Waals surface area (Å²) in [7, 11) is 0. The van der Waals surface area contributed by atoms with Gasteiger partial charge in [-0.2, -0.15) is 0 Å². The molecule has 0 radical (unpaired) electrons. The van der Waals surface area contributed by atoms with Crippen LogP contribution in [0.3, 0.4) is 0 Å². The van der Waals surface area contributed by atoms with Gasteiger partial charge in [0.25, 0.3) is 0 Å². The molecule has 1 aliphatic carbocycles. The van der Waals surface area contributed by atoms with Gasteiger partial charge in [-0.05, 0) is 11.1 Å². The van der Waals surface area contributed by atoms with E-state index in [4.69, 9.17) is 10.2 Å². The fourth-order valence-electron chi connectivity index (χ4n) is 1.97. The molecule has 4 heteroatoms. The third-order valence-electron chi connectivity index (χ3n) is 2.72. The van der Waals surface area contributed by atoms with Gasteiger partial charge in [-0.25, -0.2) is 0 Å². The minimum Gasteiger partial charge on any atom is -0.481 e. The van der Waals surface area contributed by atoms with Crippen LogP contribution in [0, 0.1) is 5.92 Å². The molecule has 0 heterocycles. The first-order valence-electron chi connectivity index (χ1n) is 4.84. The van der Waals surface area contributed by atoms with E-state index in [2.05, 4.69) is 0 Å². The molecule has 2 atom stereocenters. The Morgan fingerprint density at radius 3 is 2.38 bits per heavy atom. The van der Waals surface area contributed by atoms with E-state index in [-0.39, 0.29) is 0 Å². The molecule has 1 aromatic carbocycles. The lowest BCUT2D eigenvalue weighted by Gasteiger charge is -2.23.